The Hall–Kier alpha value is -2.70. The first-order valence-electron chi connectivity index (χ1n) is 8.13. The molecule has 0 aliphatic carbocycles. The minimum Gasteiger partial charge on any atom is -0.322 e. The van der Waals surface area contributed by atoms with Crippen LogP contribution in [-0.4, -0.2) is 19.3 Å². The number of sulfone groups is 1. The van der Waals surface area contributed by atoms with E-state index in [1.54, 1.807) is 0 Å². The molecule has 0 spiro atoms. The lowest BCUT2D eigenvalue weighted by molar-refractivity contribution is 0.102. The van der Waals surface area contributed by atoms with Crippen LogP contribution in [0.4, 0.5) is 5.69 Å². The first kappa shape index (κ1) is 19.1. The second-order valence-corrected chi connectivity index (χ2v) is 8.38. The third-order valence-corrected chi connectivity index (χ3v) is 6.19. The zero-order chi connectivity index (χ0) is 19.6. The van der Waals surface area contributed by atoms with Crippen LogP contribution < -0.4 is 5.32 Å². The maximum Gasteiger partial charge on any atom is 0.257 e. The maximum absolute atomic E-state index is 12.6. The van der Waals surface area contributed by atoms with Gasteiger partial charge in [-0.1, -0.05) is 23.7 Å². The van der Waals surface area contributed by atoms with Gasteiger partial charge in [-0.2, -0.15) is 0 Å². The second kappa shape index (κ2) is 7.50. The molecule has 0 atom stereocenters. The average Bonchev–Trinajstić information content (AvgIpc) is 2.66. The fraction of sp³-hybridized carbons (Fsp3) is 0.100. The summed E-state index contributed by atoms with van der Waals surface area (Å²) in [5.41, 5.74) is 3.01. The van der Waals surface area contributed by atoms with E-state index in [2.05, 4.69) is 10.3 Å². The number of anilines is 1. The van der Waals surface area contributed by atoms with Crippen molar-refractivity contribution in [2.75, 3.05) is 5.32 Å². The van der Waals surface area contributed by atoms with Crippen LogP contribution in [0, 0.1) is 13.8 Å². The standard InChI is InChI=1S/C20H17ClN2O3S/c1-13-4-3-5-18(14(13)2)23-20(24)15-6-11-19(22-12-15)27(25,26)17-9-7-16(21)8-10-17/h3-12H,1-2H3,(H,23,24). The van der Waals surface area contributed by atoms with E-state index in [4.69, 9.17) is 11.6 Å². The second-order valence-electron chi connectivity index (χ2n) is 6.04. The molecule has 3 rings (SSSR count). The number of rotatable bonds is 4. The Morgan fingerprint density at radius 3 is 2.33 bits per heavy atom. The number of pyridine rings is 1. The summed E-state index contributed by atoms with van der Waals surface area (Å²) in [6, 6.07) is 14.2. The Bertz CT molecular complexity index is 1090. The van der Waals surface area contributed by atoms with Crippen LogP contribution in [0.15, 0.2) is 70.7 Å². The van der Waals surface area contributed by atoms with Gasteiger partial charge in [-0.15, -0.1) is 0 Å². The van der Waals surface area contributed by atoms with Gasteiger partial charge in [0, 0.05) is 16.9 Å². The molecule has 1 aromatic heterocycles. The molecule has 1 N–H and O–H groups in total. The molecule has 0 radical (unpaired) electrons. The number of aromatic nitrogens is 1. The van der Waals surface area contributed by atoms with Crippen molar-refractivity contribution in [3.63, 3.8) is 0 Å². The predicted molar refractivity (Wildman–Crippen MR) is 105 cm³/mol. The fourth-order valence-corrected chi connectivity index (χ4v) is 3.79. The largest absolute Gasteiger partial charge is 0.322 e. The van der Waals surface area contributed by atoms with E-state index < -0.39 is 9.84 Å². The number of carbonyl (C=O) groups excluding carboxylic acids is 1. The van der Waals surface area contributed by atoms with Gasteiger partial charge in [-0.25, -0.2) is 13.4 Å². The molecular weight excluding hydrogens is 384 g/mol. The topological polar surface area (TPSA) is 76.1 Å². The zero-order valence-electron chi connectivity index (χ0n) is 14.7. The number of halogens is 1. The molecule has 1 amide bonds. The van der Waals surface area contributed by atoms with E-state index in [9.17, 15) is 13.2 Å². The SMILES string of the molecule is Cc1cccc(NC(=O)c2ccc(S(=O)(=O)c3ccc(Cl)cc3)nc2)c1C. The van der Waals surface area contributed by atoms with Gasteiger partial charge in [-0.05, 0) is 67.4 Å². The lowest BCUT2D eigenvalue weighted by atomic mass is 10.1. The van der Waals surface area contributed by atoms with E-state index in [1.807, 2.05) is 32.0 Å². The lowest BCUT2D eigenvalue weighted by Crippen LogP contribution is -2.14. The van der Waals surface area contributed by atoms with E-state index in [0.717, 1.165) is 11.1 Å². The number of hydrogen-bond acceptors (Lipinski definition) is 4. The monoisotopic (exact) mass is 400 g/mol. The summed E-state index contributed by atoms with van der Waals surface area (Å²) in [6.45, 7) is 3.88. The molecule has 27 heavy (non-hydrogen) atoms. The van der Waals surface area contributed by atoms with Crippen LogP contribution in [0.3, 0.4) is 0 Å². The van der Waals surface area contributed by atoms with Crippen molar-refractivity contribution in [2.24, 2.45) is 0 Å². The first-order chi connectivity index (χ1) is 12.8. The van der Waals surface area contributed by atoms with Gasteiger partial charge in [0.2, 0.25) is 9.84 Å². The number of carbonyl (C=O) groups is 1. The van der Waals surface area contributed by atoms with Crippen molar-refractivity contribution < 1.29 is 13.2 Å². The summed E-state index contributed by atoms with van der Waals surface area (Å²) < 4.78 is 25.2. The molecule has 2 aromatic carbocycles. The van der Waals surface area contributed by atoms with Gasteiger partial charge in [0.25, 0.3) is 5.91 Å². The van der Waals surface area contributed by atoms with Gasteiger partial charge in [0.15, 0.2) is 5.03 Å². The number of benzene rings is 2. The van der Waals surface area contributed by atoms with E-state index in [1.165, 1.54) is 42.6 Å². The number of amides is 1. The summed E-state index contributed by atoms with van der Waals surface area (Å²) in [6.07, 6.45) is 1.25. The molecule has 0 fully saturated rings. The van der Waals surface area contributed by atoms with E-state index >= 15 is 0 Å². The smallest absolute Gasteiger partial charge is 0.257 e. The predicted octanol–water partition coefficient (Wildman–Crippen LogP) is 4.44. The Morgan fingerprint density at radius 1 is 1.00 bits per heavy atom. The molecule has 0 aliphatic rings. The quantitative estimate of drug-likeness (QED) is 0.702. The highest BCUT2D eigenvalue weighted by atomic mass is 35.5. The van der Waals surface area contributed by atoms with Gasteiger partial charge in [0.1, 0.15) is 0 Å². The van der Waals surface area contributed by atoms with Crippen LogP contribution in [0.2, 0.25) is 5.02 Å². The first-order valence-corrected chi connectivity index (χ1v) is 9.99. The van der Waals surface area contributed by atoms with Gasteiger partial charge >= 0.3 is 0 Å². The number of hydrogen-bond donors (Lipinski definition) is 1. The van der Waals surface area contributed by atoms with Crippen molar-refractivity contribution in [1.29, 1.82) is 0 Å². The Kier molecular flexibility index (Phi) is 5.30. The van der Waals surface area contributed by atoms with Crippen LogP contribution >= 0.6 is 11.6 Å². The van der Waals surface area contributed by atoms with Crippen molar-refractivity contribution in [3.05, 3.63) is 82.5 Å². The molecular formula is C20H17ClN2O3S. The van der Waals surface area contributed by atoms with Crippen molar-refractivity contribution in [2.45, 2.75) is 23.8 Å². The third-order valence-electron chi connectivity index (χ3n) is 4.25. The van der Waals surface area contributed by atoms with E-state index in [-0.39, 0.29) is 21.4 Å². The summed E-state index contributed by atoms with van der Waals surface area (Å²) >= 11 is 5.80. The van der Waals surface area contributed by atoms with Gasteiger partial charge < -0.3 is 5.32 Å². The summed E-state index contributed by atoms with van der Waals surface area (Å²) in [5.74, 6) is -0.355. The summed E-state index contributed by atoms with van der Waals surface area (Å²) in [5, 5.41) is 3.13. The van der Waals surface area contributed by atoms with Crippen LogP contribution in [0.5, 0.6) is 0 Å². The zero-order valence-corrected chi connectivity index (χ0v) is 16.3. The molecule has 0 bridgehead atoms. The molecule has 5 nitrogen and oxygen atoms in total. The molecule has 7 heteroatoms. The molecule has 3 aromatic rings. The van der Waals surface area contributed by atoms with Gasteiger partial charge in [0.05, 0.1) is 10.5 Å². The third kappa shape index (κ3) is 4.02. The highest BCUT2D eigenvalue weighted by Crippen LogP contribution is 2.22. The molecule has 0 aliphatic heterocycles. The Labute approximate surface area is 163 Å². The lowest BCUT2D eigenvalue weighted by Gasteiger charge is -2.10. The molecule has 0 saturated carbocycles. The van der Waals surface area contributed by atoms with E-state index in [0.29, 0.717) is 10.7 Å². The molecule has 138 valence electrons. The van der Waals surface area contributed by atoms with Crippen LogP contribution in [-0.2, 0) is 9.84 Å². The number of nitrogens with one attached hydrogen (secondary N) is 1. The minimum atomic E-state index is -3.77. The Balaban J connectivity index is 1.83. The minimum absolute atomic E-state index is 0.0898. The summed E-state index contributed by atoms with van der Waals surface area (Å²) in [7, 11) is -3.77. The van der Waals surface area contributed by atoms with Crippen LogP contribution in [0.25, 0.3) is 0 Å². The number of aryl methyl sites for hydroxylation is 1. The average molecular weight is 401 g/mol. The van der Waals surface area contributed by atoms with Crippen LogP contribution in [0.1, 0.15) is 21.5 Å². The number of nitrogens with zero attached hydrogens (tertiary/aromatic N) is 1. The Morgan fingerprint density at radius 2 is 1.70 bits per heavy atom. The molecule has 1 heterocycles. The van der Waals surface area contributed by atoms with Crippen molar-refractivity contribution in [3.8, 4) is 0 Å². The maximum atomic E-state index is 12.6. The van der Waals surface area contributed by atoms with Crippen molar-refractivity contribution in [1.82, 2.24) is 4.98 Å². The highest BCUT2D eigenvalue weighted by Gasteiger charge is 2.20. The fourth-order valence-electron chi connectivity index (χ4n) is 2.49. The van der Waals surface area contributed by atoms with Crippen molar-refractivity contribution >= 4 is 33.0 Å². The van der Waals surface area contributed by atoms with Gasteiger partial charge in [-0.3, -0.25) is 4.79 Å². The molecule has 0 saturated heterocycles. The highest BCUT2D eigenvalue weighted by molar-refractivity contribution is 7.91. The molecule has 0 unspecified atom stereocenters. The normalized spacial score (nSPS) is 11.2. The summed E-state index contributed by atoms with van der Waals surface area (Å²) in [4.78, 5) is 16.5.